The third kappa shape index (κ3) is 7.58. The van der Waals surface area contributed by atoms with Gasteiger partial charge in [0.15, 0.2) is 0 Å². The first kappa shape index (κ1) is 35.5. The van der Waals surface area contributed by atoms with Gasteiger partial charge >= 0.3 is 0 Å². The molecule has 1 aliphatic rings. The Hall–Kier alpha value is -5.29. The number of carbonyl (C=O) groups excluding carboxylic acids is 3. The molecule has 5 aromatic rings. The van der Waals surface area contributed by atoms with Crippen molar-refractivity contribution >= 4 is 38.5 Å². The normalized spacial score (nSPS) is 12.8. The Morgan fingerprint density at radius 2 is 1.55 bits per heavy atom. The van der Waals surface area contributed by atoms with Gasteiger partial charge in [-0.1, -0.05) is 81.3 Å². The number of imidazole rings is 1. The fourth-order valence-electron chi connectivity index (χ4n) is 6.52. The Balaban J connectivity index is 1.39. The maximum absolute atomic E-state index is 14.5. The van der Waals surface area contributed by atoms with Crippen LogP contribution in [0.15, 0.2) is 89.8 Å². The van der Waals surface area contributed by atoms with E-state index >= 15 is 0 Å². The van der Waals surface area contributed by atoms with Gasteiger partial charge in [-0.2, -0.15) is 0 Å². The van der Waals surface area contributed by atoms with Crippen LogP contribution in [0.4, 0.5) is 0 Å². The van der Waals surface area contributed by atoms with Gasteiger partial charge in [-0.25, -0.2) is 18.1 Å². The highest BCUT2D eigenvalue weighted by Crippen LogP contribution is 2.30. The zero-order chi connectivity index (χ0) is 36.1. The van der Waals surface area contributed by atoms with Gasteiger partial charge in [0.1, 0.15) is 11.5 Å². The third-order valence-corrected chi connectivity index (χ3v) is 10.8. The van der Waals surface area contributed by atoms with Crippen molar-refractivity contribution in [1.82, 2.24) is 24.5 Å². The van der Waals surface area contributed by atoms with Crippen LogP contribution in [0.3, 0.4) is 0 Å². The lowest BCUT2D eigenvalue weighted by Crippen LogP contribution is -2.36. The number of amides is 3. The first-order valence-electron chi connectivity index (χ1n) is 17.5. The van der Waals surface area contributed by atoms with Gasteiger partial charge in [0, 0.05) is 37.8 Å². The minimum atomic E-state index is -4.24. The predicted octanol–water partition coefficient (Wildman–Crippen LogP) is 6.43. The number of unbranched alkanes of at least 4 members (excludes halogenated alkanes) is 2. The maximum atomic E-state index is 14.5. The average Bonchev–Trinajstić information content (AvgIpc) is 3.48. The fourth-order valence-corrected chi connectivity index (χ4v) is 7.53. The molecule has 0 saturated heterocycles. The molecule has 0 radical (unpaired) electrons. The second-order valence-electron chi connectivity index (χ2n) is 13.0. The Bertz CT molecular complexity index is 2230. The molecule has 0 spiro atoms. The Morgan fingerprint density at radius 3 is 2.31 bits per heavy atom. The van der Waals surface area contributed by atoms with Crippen LogP contribution in [0.2, 0.25) is 0 Å². The van der Waals surface area contributed by atoms with Gasteiger partial charge in [0.25, 0.3) is 27.7 Å². The van der Waals surface area contributed by atoms with E-state index in [4.69, 9.17) is 4.98 Å². The minimum absolute atomic E-state index is 0.00169. The Labute approximate surface area is 298 Å². The molecule has 4 aromatic carbocycles. The number of rotatable bonds is 12. The first-order chi connectivity index (χ1) is 24.6. The monoisotopic (exact) mass is 705 g/mol. The van der Waals surface area contributed by atoms with Crippen LogP contribution in [0.1, 0.15) is 87.6 Å². The van der Waals surface area contributed by atoms with Crippen molar-refractivity contribution in [3.8, 4) is 11.4 Å². The van der Waals surface area contributed by atoms with Crippen LogP contribution in [-0.2, 0) is 36.5 Å². The molecule has 6 rings (SSSR count). The van der Waals surface area contributed by atoms with E-state index in [1.165, 1.54) is 29.8 Å². The Kier molecular flexibility index (Phi) is 10.7. The van der Waals surface area contributed by atoms with Crippen LogP contribution in [-0.4, -0.2) is 53.7 Å². The van der Waals surface area contributed by atoms with E-state index in [1.807, 2.05) is 48.0 Å². The molecule has 10 nitrogen and oxygen atoms in total. The number of sulfonamides is 1. The van der Waals surface area contributed by atoms with Crippen molar-refractivity contribution in [2.75, 3.05) is 13.1 Å². The van der Waals surface area contributed by atoms with Crippen molar-refractivity contribution in [3.05, 3.63) is 119 Å². The van der Waals surface area contributed by atoms with Gasteiger partial charge < -0.3 is 14.8 Å². The second-order valence-corrected chi connectivity index (χ2v) is 14.6. The van der Waals surface area contributed by atoms with Crippen molar-refractivity contribution in [2.45, 2.75) is 63.8 Å². The van der Waals surface area contributed by atoms with Gasteiger partial charge in [-0.3, -0.25) is 14.4 Å². The van der Waals surface area contributed by atoms with Crippen molar-refractivity contribution < 1.29 is 22.8 Å². The number of hydrogen-bond acceptors (Lipinski definition) is 6. The summed E-state index contributed by atoms with van der Waals surface area (Å²) in [7, 11) is -2.41. The van der Waals surface area contributed by atoms with Crippen molar-refractivity contribution in [2.24, 2.45) is 7.05 Å². The molecular weight excluding hydrogens is 663 g/mol. The highest BCUT2D eigenvalue weighted by Gasteiger charge is 2.29. The zero-order valence-electron chi connectivity index (χ0n) is 29.2. The molecule has 2 heterocycles. The molecule has 2 N–H and O–H groups in total. The van der Waals surface area contributed by atoms with E-state index in [-0.39, 0.29) is 27.8 Å². The van der Waals surface area contributed by atoms with Crippen LogP contribution in [0, 0.1) is 0 Å². The molecule has 1 aliphatic heterocycles. The molecule has 3 amide bonds. The predicted molar refractivity (Wildman–Crippen MR) is 198 cm³/mol. The standard InChI is InChI=1S/C40H43N5O5S/c1-4-6-16-35-36(39(47)41-22-7-5-2)42-37(44(35)3)33-20-18-30(25-34(33)40(48)45-23-21-28-13-9-11-15-31(28)26-45)38(46)43-51(49,50)32-19-17-27-12-8-10-14-29(27)24-32/h8-15,17-20,24-25H,4-7,16,21-23,26H2,1-3H3,(H,41,47)(H,43,46). The number of nitrogens with one attached hydrogen (secondary N) is 2. The summed E-state index contributed by atoms with van der Waals surface area (Å²) in [5, 5.41) is 4.57. The molecule has 51 heavy (non-hydrogen) atoms. The highest BCUT2D eigenvalue weighted by atomic mass is 32.2. The number of nitrogens with zero attached hydrogens (tertiary/aromatic N) is 3. The smallest absolute Gasteiger partial charge is 0.271 e. The van der Waals surface area contributed by atoms with Crippen molar-refractivity contribution in [3.63, 3.8) is 0 Å². The highest BCUT2D eigenvalue weighted by molar-refractivity contribution is 7.90. The topological polar surface area (TPSA) is 130 Å². The van der Waals surface area contributed by atoms with Gasteiger partial charge in [0.05, 0.1) is 16.2 Å². The summed E-state index contributed by atoms with van der Waals surface area (Å²) in [6.07, 6.45) is 4.84. The maximum Gasteiger partial charge on any atom is 0.271 e. The molecule has 0 aliphatic carbocycles. The lowest BCUT2D eigenvalue weighted by Gasteiger charge is -2.29. The van der Waals surface area contributed by atoms with Gasteiger partial charge in [0.2, 0.25) is 0 Å². The fraction of sp³-hybridized carbons (Fsp3) is 0.300. The zero-order valence-corrected chi connectivity index (χ0v) is 30.1. The summed E-state index contributed by atoms with van der Waals surface area (Å²) in [4.78, 5) is 48.0. The molecule has 1 aromatic heterocycles. The summed E-state index contributed by atoms with van der Waals surface area (Å²) in [5.41, 5.74) is 3.93. The lowest BCUT2D eigenvalue weighted by atomic mass is 9.97. The summed E-state index contributed by atoms with van der Waals surface area (Å²) < 4.78 is 30.9. The van der Waals surface area contributed by atoms with Crippen molar-refractivity contribution in [1.29, 1.82) is 0 Å². The number of hydrogen-bond donors (Lipinski definition) is 2. The largest absolute Gasteiger partial charge is 0.351 e. The van der Waals surface area contributed by atoms with Gasteiger partial charge in [-0.05, 0) is 77.9 Å². The molecule has 0 atom stereocenters. The third-order valence-electron chi connectivity index (χ3n) is 9.44. The average molecular weight is 706 g/mol. The molecule has 0 unspecified atom stereocenters. The second kappa shape index (κ2) is 15.3. The summed E-state index contributed by atoms with van der Waals surface area (Å²) in [6, 6.07) is 24.5. The molecule has 0 fully saturated rings. The number of carbonyl (C=O) groups is 3. The molecular formula is C40H43N5O5S. The lowest BCUT2D eigenvalue weighted by molar-refractivity contribution is 0.0735. The van der Waals surface area contributed by atoms with Crippen LogP contribution >= 0.6 is 0 Å². The number of fused-ring (bicyclic) bond motifs is 2. The van der Waals surface area contributed by atoms with E-state index in [1.54, 1.807) is 23.1 Å². The van der Waals surface area contributed by atoms with Crippen LogP contribution in [0.25, 0.3) is 22.2 Å². The molecule has 0 bridgehead atoms. The van der Waals surface area contributed by atoms with Crippen LogP contribution in [0.5, 0.6) is 0 Å². The molecule has 11 heteroatoms. The van der Waals surface area contributed by atoms with Crippen LogP contribution < -0.4 is 10.0 Å². The number of benzene rings is 4. The molecule has 264 valence electrons. The van der Waals surface area contributed by atoms with E-state index in [0.717, 1.165) is 47.7 Å². The number of aromatic nitrogens is 2. The molecule has 0 saturated carbocycles. The quantitative estimate of drug-likeness (QED) is 0.144. The summed E-state index contributed by atoms with van der Waals surface area (Å²) >= 11 is 0. The summed E-state index contributed by atoms with van der Waals surface area (Å²) in [6.45, 7) is 5.51. The SMILES string of the molecule is CCCCNC(=O)c1nc(-c2ccc(C(=O)NS(=O)(=O)c3ccc4ccccc4c3)cc2C(=O)N2CCc3ccccc3C2)n(C)c1CCCC. The van der Waals surface area contributed by atoms with E-state index in [9.17, 15) is 22.8 Å². The van der Waals surface area contributed by atoms with E-state index in [0.29, 0.717) is 49.6 Å². The van der Waals surface area contributed by atoms with E-state index in [2.05, 4.69) is 30.0 Å². The first-order valence-corrected chi connectivity index (χ1v) is 19.0. The Morgan fingerprint density at radius 1 is 0.824 bits per heavy atom. The van der Waals surface area contributed by atoms with Gasteiger partial charge in [-0.15, -0.1) is 0 Å². The van der Waals surface area contributed by atoms with E-state index < -0.39 is 15.9 Å². The summed E-state index contributed by atoms with van der Waals surface area (Å²) in [5.74, 6) is -1.05. The minimum Gasteiger partial charge on any atom is -0.351 e.